The van der Waals surface area contributed by atoms with Gasteiger partial charge in [0.05, 0.1) is 36.2 Å². The number of benzene rings is 2. The summed E-state index contributed by atoms with van der Waals surface area (Å²) in [6.07, 6.45) is 1.59. The summed E-state index contributed by atoms with van der Waals surface area (Å²) >= 11 is 18.0. The fourth-order valence-electron chi connectivity index (χ4n) is 1.76. The Kier molecular flexibility index (Phi) is 5.77. The maximum atomic E-state index is 6.07. The fourth-order valence-corrected chi connectivity index (χ4v) is 2.66. The molecule has 1 N–H and O–H groups in total. The molecule has 0 fully saturated rings. The molecule has 0 spiro atoms. The first-order valence-corrected chi connectivity index (χ1v) is 7.34. The van der Waals surface area contributed by atoms with E-state index in [0.29, 0.717) is 32.3 Å². The van der Waals surface area contributed by atoms with E-state index in [4.69, 9.17) is 44.3 Å². The molecule has 0 aliphatic rings. The van der Waals surface area contributed by atoms with Gasteiger partial charge in [0.25, 0.3) is 0 Å². The van der Waals surface area contributed by atoms with Crippen molar-refractivity contribution in [1.82, 2.24) is 0 Å². The van der Waals surface area contributed by atoms with Gasteiger partial charge in [-0.2, -0.15) is 5.10 Å². The number of hydrogen-bond donors (Lipinski definition) is 1. The van der Waals surface area contributed by atoms with Gasteiger partial charge in [-0.25, -0.2) is 0 Å². The molecule has 0 atom stereocenters. The molecule has 0 aliphatic heterocycles. The molecule has 2 rings (SSSR count). The Morgan fingerprint density at radius 1 is 1.00 bits per heavy atom. The molecule has 22 heavy (non-hydrogen) atoms. The van der Waals surface area contributed by atoms with Crippen LogP contribution in [-0.4, -0.2) is 20.4 Å². The van der Waals surface area contributed by atoms with Crippen LogP contribution in [0.1, 0.15) is 5.56 Å². The normalized spacial score (nSPS) is 10.8. The molecule has 0 aromatic heterocycles. The molecule has 0 saturated heterocycles. The Bertz CT molecular complexity index is 682. The van der Waals surface area contributed by atoms with E-state index in [0.717, 1.165) is 5.56 Å². The predicted octanol–water partition coefficient (Wildman–Crippen LogP) is 5.11. The summed E-state index contributed by atoms with van der Waals surface area (Å²) in [4.78, 5) is 0. The Hall–Kier alpha value is -1.62. The summed E-state index contributed by atoms with van der Waals surface area (Å²) in [7, 11) is 3.17. The SMILES string of the molecule is COc1ccc(OC)c(/C=N\Nc2c(Cl)cc(Cl)cc2Cl)c1. The quantitative estimate of drug-likeness (QED) is 0.596. The van der Waals surface area contributed by atoms with Gasteiger partial charge in [-0.1, -0.05) is 34.8 Å². The van der Waals surface area contributed by atoms with E-state index in [1.807, 2.05) is 0 Å². The molecule has 0 aliphatic carbocycles. The van der Waals surface area contributed by atoms with Gasteiger partial charge in [-0.15, -0.1) is 0 Å². The molecule has 0 radical (unpaired) electrons. The van der Waals surface area contributed by atoms with E-state index in [9.17, 15) is 0 Å². The maximum Gasteiger partial charge on any atom is 0.127 e. The molecule has 7 heteroatoms. The minimum absolute atomic E-state index is 0.382. The largest absolute Gasteiger partial charge is 0.497 e. The number of halogens is 3. The van der Waals surface area contributed by atoms with Crippen molar-refractivity contribution in [2.24, 2.45) is 5.10 Å². The summed E-state index contributed by atoms with van der Waals surface area (Å²) in [5.41, 5.74) is 4.02. The first-order valence-electron chi connectivity index (χ1n) is 6.20. The third-order valence-corrected chi connectivity index (χ3v) is 3.64. The van der Waals surface area contributed by atoms with Crippen LogP contribution in [0.25, 0.3) is 0 Å². The topological polar surface area (TPSA) is 42.9 Å². The van der Waals surface area contributed by atoms with Crippen molar-refractivity contribution in [3.05, 3.63) is 51.0 Å². The highest BCUT2D eigenvalue weighted by atomic mass is 35.5. The van der Waals surface area contributed by atoms with Gasteiger partial charge < -0.3 is 9.47 Å². The van der Waals surface area contributed by atoms with Crippen LogP contribution in [0.4, 0.5) is 5.69 Å². The van der Waals surface area contributed by atoms with Crippen LogP contribution in [-0.2, 0) is 0 Å². The first-order chi connectivity index (χ1) is 10.5. The van der Waals surface area contributed by atoms with Gasteiger partial charge in [-0.3, -0.25) is 5.43 Å². The summed E-state index contributed by atoms with van der Waals surface area (Å²) in [6, 6.07) is 8.56. The number of nitrogens with zero attached hydrogens (tertiary/aromatic N) is 1. The van der Waals surface area contributed by atoms with Crippen molar-refractivity contribution < 1.29 is 9.47 Å². The third-order valence-electron chi connectivity index (χ3n) is 2.82. The number of methoxy groups -OCH3 is 2. The van der Waals surface area contributed by atoms with Gasteiger partial charge in [0.1, 0.15) is 11.5 Å². The summed E-state index contributed by atoms with van der Waals surface area (Å²) in [5.74, 6) is 1.37. The van der Waals surface area contributed by atoms with Crippen LogP contribution in [0.5, 0.6) is 11.5 Å². The number of ether oxygens (including phenoxy) is 2. The molecule has 0 amide bonds. The molecule has 2 aromatic rings. The van der Waals surface area contributed by atoms with Crippen LogP contribution < -0.4 is 14.9 Å². The van der Waals surface area contributed by atoms with E-state index in [2.05, 4.69) is 10.5 Å². The number of hydrogen-bond acceptors (Lipinski definition) is 4. The predicted molar refractivity (Wildman–Crippen MR) is 92.2 cm³/mol. The van der Waals surface area contributed by atoms with Gasteiger partial charge >= 0.3 is 0 Å². The zero-order valence-electron chi connectivity index (χ0n) is 11.9. The Morgan fingerprint density at radius 2 is 1.68 bits per heavy atom. The van der Waals surface area contributed by atoms with Crippen molar-refractivity contribution in [3.63, 3.8) is 0 Å². The summed E-state index contributed by atoms with van der Waals surface area (Å²) < 4.78 is 10.4. The lowest BCUT2D eigenvalue weighted by atomic mass is 10.2. The average molecular weight is 360 g/mol. The van der Waals surface area contributed by atoms with E-state index in [-0.39, 0.29) is 0 Å². The minimum atomic E-state index is 0.382. The molecule has 0 saturated carbocycles. The number of rotatable bonds is 5. The molecule has 4 nitrogen and oxygen atoms in total. The highest BCUT2D eigenvalue weighted by Crippen LogP contribution is 2.33. The first kappa shape index (κ1) is 16.7. The van der Waals surface area contributed by atoms with Crippen LogP contribution in [0.3, 0.4) is 0 Å². The zero-order chi connectivity index (χ0) is 16.1. The summed E-state index contributed by atoms with van der Waals surface area (Å²) in [6.45, 7) is 0. The van der Waals surface area contributed by atoms with Crippen molar-refractivity contribution >= 4 is 46.7 Å². The Morgan fingerprint density at radius 3 is 2.27 bits per heavy atom. The second-order valence-electron chi connectivity index (χ2n) is 4.22. The van der Waals surface area contributed by atoms with Gasteiger partial charge in [-0.05, 0) is 30.3 Å². The number of nitrogens with one attached hydrogen (secondary N) is 1. The molecule has 2 aromatic carbocycles. The lowest BCUT2D eigenvalue weighted by Gasteiger charge is -2.08. The second-order valence-corrected chi connectivity index (χ2v) is 5.47. The van der Waals surface area contributed by atoms with Crippen LogP contribution in [0, 0.1) is 0 Å². The smallest absolute Gasteiger partial charge is 0.127 e. The average Bonchev–Trinajstić information content (AvgIpc) is 2.49. The van der Waals surface area contributed by atoms with Gasteiger partial charge in [0.2, 0.25) is 0 Å². The van der Waals surface area contributed by atoms with E-state index >= 15 is 0 Å². The van der Waals surface area contributed by atoms with Crippen LogP contribution in [0.2, 0.25) is 15.1 Å². The van der Waals surface area contributed by atoms with Gasteiger partial charge in [0, 0.05) is 10.6 Å². The summed E-state index contributed by atoms with van der Waals surface area (Å²) in [5, 5.41) is 5.35. The lowest BCUT2D eigenvalue weighted by molar-refractivity contribution is 0.402. The monoisotopic (exact) mass is 358 g/mol. The van der Waals surface area contributed by atoms with Crippen molar-refractivity contribution in [2.45, 2.75) is 0 Å². The highest BCUT2D eigenvalue weighted by molar-refractivity contribution is 6.41. The zero-order valence-corrected chi connectivity index (χ0v) is 14.1. The molecule has 0 bridgehead atoms. The molecule has 0 heterocycles. The van der Waals surface area contributed by atoms with E-state index in [1.54, 1.807) is 50.8 Å². The molecular formula is C15H13Cl3N2O2. The van der Waals surface area contributed by atoms with Gasteiger partial charge in [0.15, 0.2) is 0 Å². The number of anilines is 1. The molecule has 116 valence electrons. The fraction of sp³-hybridized carbons (Fsp3) is 0.133. The molecule has 0 unspecified atom stereocenters. The van der Waals surface area contributed by atoms with Crippen molar-refractivity contribution in [2.75, 3.05) is 19.6 Å². The second kappa shape index (κ2) is 7.58. The number of hydrazone groups is 1. The maximum absolute atomic E-state index is 6.07. The third kappa shape index (κ3) is 3.97. The standard InChI is InChI=1S/C15H13Cl3N2O2/c1-21-11-3-4-14(22-2)9(5-11)8-19-20-15-12(17)6-10(16)7-13(15)18/h3-8,20H,1-2H3/b19-8-. The van der Waals surface area contributed by atoms with Crippen LogP contribution >= 0.6 is 34.8 Å². The molecular weight excluding hydrogens is 347 g/mol. The Balaban J connectivity index is 2.23. The van der Waals surface area contributed by atoms with Crippen molar-refractivity contribution in [1.29, 1.82) is 0 Å². The van der Waals surface area contributed by atoms with Crippen LogP contribution in [0.15, 0.2) is 35.4 Å². The lowest BCUT2D eigenvalue weighted by Crippen LogP contribution is -1.96. The van der Waals surface area contributed by atoms with E-state index in [1.165, 1.54) is 0 Å². The van der Waals surface area contributed by atoms with Crippen molar-refractivity contribution in [3.8, 4) is 11.5 Å². The van der Waals surface area contributed by atoms with E-state index < -0.39 is 0 Å². The Labute approximate surface area is 143 Å². The highest BCUT2D eigenvalue weighted by Gasteiger charge is 2.07. The minimum Gasteiger partial charge on any atom is -0.497 e.